The Morgan fingerprint density at radius 3 is 2.80 bits per heavy atom. The van der Waals surface area contributed by atoms with Crippen LogP contribution in [0.5, 0.6) is 0 Å². The summed E-state index contributed by atoms with van der Waals surface area (Å²) in [5.41, 5.74) is 5.71. The second kappa shape index (κ2) is 3.32. The third kappa shape index (κ3) is 1.48. The zero-order valence-electron chi connectivity index (χ0n) is 6.45. The molecule has 0 aromatic heterocycles. The number of likely N-dealkylation sites (tertiary alicyclic amines) is 1. The maximum Gasteiger partial charge on any atom is 0.0587 e. The SMILES string of the molecule is CCN1C[C@H](N)C[C@@H]1CO. The van der Waals surface area contributed by atoms with Gasteiger partial charge in [-0.3, -0.25) is 4.90 Å². The summed E-state index contributed by atoms with van der Waals surface area (Å²) in [6, 6.07) is 0.595. The van der Waals surface area contributed by atoms with E-state index in [1.165, 1.54) is 0 Å². The fraction of sp³-hybridized carbons (Fsp3) is 1.00. The predicted octanol–water partition coefficient (Wildman–Crippen LogP) is -0.600. The number of nitrogens with zero attached hydrogens (tertiary/aromatic N) is 1. The molecule has 2 atom stereocenters. The summed E-state index contributed by atoms with van der Waals surface area (Å²) in [5, 5.41) is 8.89. The average molecular weight is 144 g/mol. The normalized spacial score (nSPS) is 35.1. The first-order chi connectivity index (χ1) is 4.77. The van der Waals surface area contributed by atoms with Crippen molar-refractivity contribution in [3.8, 4) is 0 Å². The Hall–Kier alpha value is -0.120. The van der Waals surface area contributed by atoms with E-state index in [1.54, 1.807) is 0 Å². The van der Waals surface area contributed by atoms with Gasteiger partial charge in [-0.05, 0) is 13.0 Å². The molecule has 1 rings (SSSR count). The molecule has 0 radical (unpaired) electrons. The monoisotopic (exact) mass is 144 g/mol. The second-order valence-corrected chi connectivity index (χ2v) is 2.92. The van der Waals surface area contributed by atoms with E-state index in [0.29, 0.717) is 6.04 Å². The van der Waals surface area contributed by atoms with Crippen LogP contribution >= 0.6 is 0 Å². The third-order valence-corrected chi connectivity index (χ3v) is 2.18. The quantitative estimate of drug-likeness (QED) is 0.544. The molecule has 0 spiro atoms. The molecule has 3 heteroatoms. The van der Waals surface area contributed by atoms with Gasteiger partial charge < -0.3 is 10.8 Å². The van der Waals surface area contributed by atoms with Gasteiger partial charge in [0, 0.05) is 18.6 Å². The molecule has 0 saturated carbocycles. The van der Waals surface area contributed by atoms with Gasteiger partial charge in [0.2, 0.25) is 0 Å². The maximum absolute atomic E-state index is 8.89. The van der Waals surface area contributed by atoms with Crippen molar-refractivity contribution in [1.82, 2.24) is 4.90 Å². The van der Waals surface area contributed by atoms with Crippen molar-refractivity contribution >= 4 is 0 Å². The lowest BCUT2D eigenvalue weighted by Crippen LogP contribution is -2.32. The summed E-state index contributed by atoms with van der Waals surface area (Å²) >= 11 is 0. The molecular formula is C7H16N2O. The molecule has 60 valence electrons. The van der Waals surface area contributed by atoms with Crippen molar-refractivity contribution in [2.24, 2.45) is 5.73 Å². The van der Waals surface area contributed by atoms with E-state index in [-0.39, 0.29) is 12.6 Å². The molecule has 3 nitrogen and oxygen atoms in total. The van der Waals surface area contributed by atoms with E-state index >= 15 is 0 Å². The van der Waals surface area contributed by atoms with Crippen LogP contribution in [0.2, 0.25) is 0 Å². The van der Waals surface area contributed by atoms with E-state index in [1.807, 2.05) is 0 Å². The van der Waals surface area contributed by atoms with Gasteiger partial charge in [-0.1, -0.05) is 6.92 Å². The van der Waals surface area contributed by atoms with Crippen molar-refractivity contribution in [3.05, 3.63) is 0 Å². The summed E-state index contributed by atoms with van der Waals surface area (Å²) in [6.07, 6.45) is 0.949. The summed E-state index contributed by atoms with van der Waals surface area (Å²) in [7, 11) is 0. The molecular weight excluding hydrogens is 128 g/mol. The molecule has 10 heavy (non-hydrogen) atoms. The van der Waals surface area contributed by atoms with Crippen LogP contribution in [-0.4, -0.2) is 41.8 Å². The second-order valence-electron chi connectivity index (χ2n) is 2.92. The Kier molecular flexibility index (Phi) is 2.65. The van der Waals surface area contributed by atoms with Crippen molar-refractivity contribution in [2.45, 2.75) is 25.4 Å². The molecule has 0 unspecified atom stereocenters. The number of aliphatic hydroxyl groups is 1. The van der Waals surface area contributed by atoms with Crippen LogP contribution in [0.1, 0.15) is 13.3 Å². The van der Waals surface area contributed by atoms with Crippen LogP contribution in [0, 0.1) is 0 Å². The zero-order chi connectivity index (χ0) is 7.56. The van der Waals surface area contributed by atoms with Crippen LogP contribution in [0.25, 0.3) is 0 Å². The fourth-order valence-corrected chi connectivity index (χ4v) is 1.60. The highest BCUT2D eigenvalue weighted by Crippen LogP contribution is 2.14. The smallest absolute Gasteiger partial charge is 0.0587 e. The maximum atomic E-state index is 8.89. The van der Waals surface area contributed by atoms with Gasteiger partial charge in [0.15, 0.2) is 0 Å². The van der Waals surface area contributed by atoms with E-state index in [0.717, 1.165) is 19.5 Å². The molecule has 0 bridgehead atoms. The highest BCUT2D eigenvalue weighted by atomic mass is 16.3. The van der Waals surface area contributed by atoms with Crippen LogP contribution in [0.3, 0.4) is 0 Å². The molecule has 1 fully saturated rings. The van der Waals surface area contributed by atoms with Crippen LogP contribution in [-0.2, 0) is 0 Å². The lowest BCUT2D eigenvalue weighted by Gasteiger charge is -2.19. The lowest BCUT2D eigenvalue weighted by molar-refractivity contribution is 0.164. The van der Waals surface area contributed by atoms with Crippen LogP contribution in [0.4, 0.5) is 0 Å². The van der Waals surface area contributed by atoms with Crippen LogP contribution < -0.4 is 5.73 Å². The molecule has 1 aliphatic heterocycles. The Morgan fingerprint density at radius 2 is 2.40 bits per heavy atom. The van der Waals surface area contributed by atoms with Gasteiger partial charge in [-0.2, -0.15) is 0 Å². The Balaban J connectivity index is 2.41. The number of hydrogen-bond donors (Lipinski definition) is 2. The van der Waals surface area contributed by atoms with Crippen molar-refractivity contribution in [1.29, 1.82) is 0 Å². The van der Waals surface area contributed by atoms with Crippen molar-refractivity contribution in [2.75, 3.05) is 19.7 Å². The number of nitrogens with two attached hydrogens (primary N) is 1. The van der Waals surface area contributed by atoms with Gasteiger partial charge in [-0.15, -0.1) is 0 Å². The Labute approximate surface area is 61.8 Å². The standard InChI is InChI=1S/C7H16N2O/c1-2-9-4-6(8)3-7(9)5-10/h6-7,10H,2-5,8H2,1H3/t6-,7-/m1/s1. The summed E-state index contributed by atoms with van der Waals surface area (Å²) < 4.78 is 0. The fourth-order valence-electron chi connectivity index (χ4n) is 1.60. The topological polar surface area (TPSA) is 49.5 Å². The van der Waals surface area contributed by atoms with Crippen LogP contribution in [0.15, 0.2) is 0 Å². The van der Waals surface area contributed by atoms with Gasteiger partial charge in [0.25, 0.3) is 0 Å². The molecule has 1 heterocycles. The van der Waals surface area contributed by atoms with Gasteiger partial charge in [0.05, 0.1) is 6.61 Å². The minimum atomic E-state index is 0.252. The van der Waals surface area contributed by atoms with Crippen molar-refractivity contribution in [3.63, 3.8) is 0 Å². The molecule has 0 aromatic carbocycles. The zero-order valence-corrected chi connectivity index (χ0v) is 6.45. The first kappa shape index (κ1) is 7.98. The van der Waals surface area contributed by atoms with Gasteiger partial charge >= 0.3 is 0 Å². The minimum Gasteiger partial charge on any atom is -0.395 e. The minimum absolute atomic E-state index is 0.252. The Bertz CT molecular complexity index is 95.8. The highest BCUT2D eigenvalue weighted by molar-refractivity contribution is 4.85. The number of rotatable bonds is 2. The van der Waals surface area contributed by atoms with E-state index < -0.39 is 0 Å². The average Bonchev–Trinajstić information content (AvgIpc) is 2.30. The highest BCUT2D eigenvalue weighted by Gasteiger charge is 2.27. The third-order valence-electron chi connectivity index (χ3n) is 2.18. The number of hydrogen-bond acceptors (Lipinski definition) is 3. The summed E-state index contributed by atoms with van der Waals surface area (Å²) in [6.45, 7) is 4.29. The predicted molar refractivity (Wildman–Crippen MR) is 40.7 cm³/mol. The first-order valence-corrected chi connectivity index (χ1v) is 3.88. The molecule has 1 saturated heterocycles. The lowest BCUT2D eigenvalue weighted by atomic mass is 10.2. The van der Waals surface area contributed by atoms with E-state index in [9.17, 15) is 0 Å². The molecule has 0 amide bonds. The molecule has 0 aliphatic carbocycles. The van der Waals surface area contributed by atoms with Crippen molar-refractivity contribution < 1.29 is 5.11 Å². The first-order valence-electron chi connectivity index (χ1n) is 3.88. The number of likely N-dealkylation sites (N-methyl/N-ethyl adjacent to an activating group) is 1. The number of aliphatic hydroxyl groups excluding tert-OH is 1. The molecule has 3 N–H and O–H groups in total. The largest absolute Gasteiger partial charge is 0.395 e. The van der Waals surface area contributed by atoms with Gasteiger partial charge in [0.1, 0.15) is 0 Å². The summed E-state index contributed by atoms with van der Waals surface area (Å²) in [5.74, 6) is 0. The Morgan fingerprint density at radius 1 is 1.70 bits per heavy atom. The summed E-state index contributed by atoms with van der Waals surface area (Å²) in [4.78, 5) is 2.23. The van der Waals surface area contributed by atoms with E-state index in [4.69, 9.17) is 10.8 Å². The van der Waals surface area contributed by atoms with Gasteiger partial charge in [-0.25, -0.2) is 0 Å². The van der Waals surface area contributed by atoms with E-state index in [2.05, 4.69) is 11.8 Å². The molecule has 1 aliphatic rings. The molecule has 0 aromatic rings.